The van der Waals surface area contributed by atoms with Crippen LogP contribution in [0.15, 0.2) is 0 Å². The highest BCUT2D eigenvalue weighted by atomic mass is 14.6. The van der Waals surface area contributed by atoms with Gasteiger partial charge in [-0.05, 0) is 43.7 Å². The van der Waals surface area contributed by atoms with Crippen LogP contribution in [0.5, 0.6) is 0 Å². The number of hydrogen-bond donors (Lipinski definition) is 2. The van der Waals surface area contributed by atoms with E-state index in [2.05, 4.69) is 20.8 Å². The van der Waals surface area contributed by atoms with Crippen molar-refractivity contribution in [1.82, 2.24) is 0 Å². The van der Waals surface area contributed by atoms with Crippen LogP contribution in [0.1, 0.15) is 40.0 Å². The van der Waals surface area contributed by atoms with Crippen LogP contribution in [0.2, 0.25) is 0 Å². The lowest BCUT2D eigenvalue weighted by Crippen LogP contribution is -2.21. The van der Waals surface area contributed by atoms with Crippen molar-refractivity contribution in [3.05, 3.63) is 0 Å². The molecule has 3 unspecified atom stereocenters. The first kappa shape index (κ1) is 12.9. The Labute approximate surface area is 83.1 Å². The molecule has 0 aliphatic heterocycles. The molecule has 0 aromatic rings. The summed E-state index contributed by atoms with van der Waals surface area (Å²) in [5.41, 5.74) is 11.2. The molecule has 0 spiro atoms. The fraction of sp³-hybridized carbons (Fsp3) is 1.00. The molecule has 2 heteroatoms. The van der Waals surface area contributed by atoms with E-state index in [0.717, 1.165) is 19.0 Å². The van der Waals surface area contributed by atoms with Gasteiger partial charge in [0.1, 0.15) is 0 Å². The third kappa shape index (κ3) is 5.27. The third-order valence-electron chi connectivity index (χ3n) is 3.13. The largest absolute Gasteiger partial charge is 0.330 e. The van der Waals surface area contributed by atoms with Gasteiger partial charge >= 0.3 is 0 Å². The van der Waals surface area contributed by atoms with E-state index in [-0.39, 0.29) is 0 Å². The zero-order valence-corrected chi connectivity index (χ0v) is 9.42. The summed E-state index contributed by atoms with van der Waals surface area (Å²) in [6, 6.07) is 0. The van der Waals surface area contributed by atoms with Crippen LogP contribution >= 0.6 is 0 Å². The fourth-order valence-corrected chi connectivity index (χ4v) is 1.70. The molecule has 0 aromatic carbocycles. The number of rotatable bonds is 7. The molecular weight excluding hydrogens is 160 g/mol. The Morgan fingerprint density at radius 2 is 1.62 bits per heavy atom. The predicted octanol–water partition coefficient (Wildman–Crippen LogP) is 1.98. The number of hydrogen-bond acceptors (Lipinski definition) is 2. The summed E-state index contributed by atoms with van der Waals surface area (Å²) in [6.45, 7) is 8.36. The number of nitrogens with two attached hydrogens (primary N) is 2. The minimum absolute atomic E-state index is 0.662. The van der Waals surface area contributed by atoms with Gasteiger partial charge in [0.15, 0.2) is 0 Å². The van der Waals surface area contributed by atoms with Crippen molar-refractivity contribution < 1.29 is 0 Å². The first-order valence-electron chi connectivity index (χ1n) is 5.55. The molecule has 0 bridgehead atoms. The van der Waals surface area contributed by atoms with E-state index in [1.807, 2.05) is 0 Å². The summed E-state index contributed by atoms with van der Waals surface area (Å²) >= 11 is 0. The monoisotopic (exact) mass is 186 g/mol. The molecule has 0 aliphatic rings. The van der Waals surface area contributed by atoms with Crippen molar-refractivity contribution in [2.45, 2.75) is 40.0 Å². The van der Waals surface area contributed by atoms with Gasteiger partial charge in [-0.15, -0.1) is 0 Å². The Hall–Kier alpha value is -0.0800. The van der Waals surface area contributed by atoms with Gasteiger partial charge in [-0.25, -0.2) is 0 Å². The highest BCUT2D eigenvalue weighted by Gasteiger charge is 2.14. The van der Waals surface area contributed by atoms with Gasteiger partial charge in [0.2, 0.25) is 0 Å². The summed E-state index contributed by atoms with van der Waals surface area (Å²) in [6.07, 6.45) is 3.78. The van der Waals surface area contributed by atoms with Crippen LogP contribution in [0.4, 0.5) is 0 Å². The second kappa shape index (κ2) is 7.34. The maximum absolute atomic E-state index is 5.66. The lowest BCUT2D eigenvalue weighted by molar-refractivity contribution is 0.306. The Kier molecular flexibility index (Phi) is 7.29. The molecule has 0 aliphatic carbocycles. The molecule has 80 valence electrons. The lowest BCUT2D eigenvalue weighted by atomic mass is 9.85. The minimum Gasteiger partial charge on any atom is -0.330 e. The Balaban J connectivity index is 3.71. The third-order valence-corrected chi connectivity index (χ3v) is 3.13. The Morgan fingerprint density at radius 3 is 2.00 bits per heavy atom. The van der Waals surface area contributed by atoms with Crippen molar-refractivity contribution in [2.75, 3.05) is 13.1 Å². The van der Waals surface area contributed by atoms with Gasteiger partial charge < -0.3 is 11.5 Å². The van der Waals surface area contributed by atoms with Crippen molar-refractivity contribution >= 4 is 0 Å². The van der Waals surface area contributed by atoms with Crippen LogP contribution in [0.25, 0.3) is 0 Å². The van der Waals surface area contributed by atoms with E-state index in [1.165, 1.54) is 19.3 Å². The SMILES string of the molecule is CCC(CCC(C)CN)C(C)CN. The summed E-state index contributed by atoms with van der Waals surface area (Å²) in [5, 5.41) is 0. The van der Waals surface area contributed by atoms with Crippen LogP contribution in [0, 0.1) is 17.8 Å². The van der Waals surface area contributed by atoms with Crippen LogP contribution in [-0.2, 0) is 0 Å². The normalized spacial score (nSPS) is 18.2. The van der Waals surface area contributed by atoms with Gasteiger partial charge in [-0.2, -0.15) is 0 Å². The molecule has 0 fully saturated rings. The molecule has 4 N–H and O–H groups in total. The van der Waals surface area contributed by atoms with E-state index in [1.54, 1.807) is 0 Å². The quantitative estimate of drug-likeness (QED) is 0.639. The van der Waals surface area contributed by atoms with E-state index in [9.17, 15) is 0 Å². The minimum atomic E-state index is 0.662. The first-order chi connectivity index (χ1) is 6.15. The van der Waals surface area contributed by atoms with Crippen molar-refractivity contribution in [3.8, 4) is 0 Å². The van der Waals surface area contributed by atoms with Gasteiger partial charge in [0.05, 0.1) is 0 Å². The molecule has 0 saturated heterocycles. The molecule has 2 nitrogen and oxygen atoms in total. The van der Waals surface area contributed by atoms with Crippen molar-refractivity contribution in [2.24, 2.45) is 29.2 Å². The summed E-state index contributed by atoms with van der Waals surface area (Å²) in [4.78, 5) is 0. The second-order valence-corrected chi connectivity index (χ2v) is 4.30. The van der Waals surface area contributed by atoms with Crippen LogP contribution in [-0.4, -0.2) is 13.1 Å². The van der Waals surface area contributed by atoms with Crippen molar-refractivity contribution in [3.63, 3.8) is 0 Å². The van der Waals surface area contributed by atoms with Crippen molar-refractivity contribution in [1.29, 1.82) is 0 Å². The van der Waals surface area contributed by atoms with E-state index < -0.39 is 0 Å². The zero-order valence-electron chi connectivity index (χ0n) is 9.42. The molecular formula is C11H26N2. The lowest BCUT2D eigenvalue weighted by Gasteiger charge is -2.22. The highest BCUT2D eigenvalue weighted by Crippen LogP contribution is 2.22. The zero-order chi connectivity index (χ0) is 10.3. The molecule has 0 saturated carbocycles. The highest BCUT2D eigenvalue weighted by molar-refractivity contribution is 4.67. The van der Waals surface area contributed by atoms with Gasteiger partial charge in [-0.3, -0.25) is 0 Å². The van der Waals surface area contributed by atoms with Gasteiger partial charge in [-0.1, -0.05) is 27.2 Å². The average molecular weight is 186 g/mol. The molecule has 0 amide bonds. The molecule has 0 rings (SSSR count). The van der Waals surface area contributed by atoms with Gasteiger partial charge in [0, 0.05) is 0 Å². The standard InChI is InChI=1S/C11H26N2/c1-4-11(10(3)8-13)6-5-9(2)7-12/h9-11H,4-8,12-13H2,1-3H3. The summed E-state index contributed by atoms with van der Waals surface area (Å²) in [5.74, 6) is 2.12. The van der Waals surface area contributed by atoms with E-state index in [0.29, 0.717) is 11.8 Å². The average Bonchev–Trinajstić information content (AvgIpc) is 2.17. The van der Waals surface area contributed by atoms with Crippen LogP contribution < -0.4 is 11.5 Å². The van der Waals surface area contributed by atoms with E-state index in [4.69, 9.17) is 11.5 Å². The van der Waals surface area contributed by atoms with Gasteiger partial charge in [0.25, 0.3) is 0 Å². The smallest absolute Gasteiger partial charge is 0.00489 e. The van der Waals surface area contributed by atoms with E-state index >= 15 is 0 Å². The molecule has 0 heterocycles. The summed E-state index contributed by atoms with van der Waals surface area (Å²) < 4.78 is 0. The van der Waals surface area contributed by atoms with Crippen LogP contribution in [0.3, 0.4) is 0 Å². The topological polar surface area (TPSA) is 52.0 Å². The second-order valence-electron chi connectivity index (χ2n) is 4.30. The Morgan fingerprint density at radius 1 is 1.00 bits per heavy atom. The Bertz CT molecular complexity index is 115. The molecule has 3 atom stereocenters. The fourth-order valence-electron chi connectivity index (χ4n) is 1.70. The molecule has 0 radical (unpaired) electrons. The first-order valence-corrected chi connectivity index (χ1v) is 5.55. The maximum atomic E-state index is 5.66. The molecule has 0 aromatic heterocycles. The molecule has 13 heavy (non-hydrogen) atoms. The predicted molar refractivity (Wildman–Crippen MR) is 59.5 cm³/mol. The summed E-state index contributed by atoms with van der Waals surface area (Å²) in [7, 11) is 0. The maximum Gasteiger partial charge on any atom is -0.00489 e.